The maximum atomic E-state index is 14.4. The molecule has 1 saturated heterocycles. The molecule has 1 aromatic heterocycles. The molecule has 4 N–H and O–H groups in total. The van der Waals surface area contributed by atoms with Crippen LogP contribution in [0.1, 0.15) is 24.6 Å². The standard InChI is InChI=1S/C17H19F2N5O2S/c1-9-13(25)8-24(9)16-22-14(12-6-7-17(18,19)15(12)23-16)10-2-4-11(5-3-10)27(20,21)26/h2-5,9,13,25H,6-8H2,1H3,(H3,20,21,26)/t9-,13+/m0/s1. The number of aromatic nitrogens is 2. The van der Waals surface area contributed by atoms with E-state index in [9.17, 15) is 18.1 Å². The first-order valence-electron chi connectivity index (χ1n) is 8.49. The Morgan fingerprint density at radius 1 is 1.33 bits per heavy atom. The number of hydrogen-bond donors (Lipinski definition) is 3. The molecule has 1 unspecified atom stereocenters. The molecule has 10 heteroatoms. The van der Waals surface area contributed by atoms with Crippen molar-refractivity contribution in [3.05, 3.63) is 35.5 Å². The van der Waals surface area contributed by atoms with Crippen molar-refractivity contribution in [2.24, 2.45) is 5.14 Å². The molecule has 7 nitrogen and oxygen atoms in total. The monoisotopic (exact) mass is 395 g/mol. The molecular weight excluding hydrogens is 376 g/mol. The fourth-order valence-corrected chi connectivity index (χ4v) is 3.99. The zero-order chi connectivity index (χ0) is 19.6. The molecule has 0 amide bonds. The number of β-amino-alcohol motifs (C(OH)–C–C–N with tert-alkyl or cyclic N) is 1. The SMILES string of the molecule is C[C@H]1[C@H](O)CN1c1nc(-c2ccc(S(=N)(N)=O)cc2)c2c(n1)C(F)(F)CC2. The van der Waals surface area contributed by atoms with E-state index in [2.05, 4.69) is 9.97 Å². The molecule has 1 aliphatic carbocycles. The topological polar surface area (TPSA) is 116 Å². The van der Waals surface area contributed by atoms with Crippen LogP contribution >= 0.6 is 0 Å². The molecule has 1 aromatic carbocycles. The maximum absolute atomic E-state index is 14.4. The van der Waals surface area contributed by atoms with Crippen LogP contribution in [0.5, 0.6) is 0 Å². The van der Waals surface area contributed by atoms with Gasteiger partial charge in [-0.05, 0) is 25.5 Å². The first-order chi connectivity index (χ1) is 12.6. The van der Waals surface area contributed by atoms with Gasteiger partial charge >= 0.3 is 0 Å². The second-order valence-electron chi connectivity index (χ2n) is 6.99. The van der Waals surface area contributed by atoms with Gasteiger partial charge in [-0.1, -0.05) is 12.1 Å². The lowest BCUT2D eigenvalue weighted by molar-refractivity contribution is -0.00603. The van der Waals surface area contributed by atoms with Crippen LogP contribution in [-0.4, -0.2) is 38.0 Å². The van der Waals surface area contributed by atoms with E-state index in [0.717, 1.165) is 0 Å². The van der Waals surface area contributed by atoms with E-state index in [1.165, 1.54) is 12.1 Å². The van der Waals surface area contributed by atoms with E-state index < -0.39 is 21.9 Å². The van der Waals surface area contributed by atoms with E-state index in [4.69, 9.17) is 9.92 Å². The van der Waals surface area contributed by atoms with Gasteiger partial charge in [0.2, 0.25) is 5.95 Å². The van der Waals surface area contributed by atoms with Crippen molar-refractivity contribution in [3.63, 3.8) is 0 Å². The van der Waals surface area contributed by atoms with Gasteiger partial charge < -0.3 is 10.0 Å². The minimum Gasteiger partial charge on any atom is -0.389 e. The van der Waals surface area contributed by atoms with E-state index in [0.29, 0.717) is 16.8 Å². The number of nitrogens with two attached hydrogens (primary N) is 1. The lowest BCUT2D eigenvalue weighted by atomic mass is 10.0. The van der Waals surface area contributed by atoms with E-state index in [1.807, 2.05) is 0 Å². The number of hydrogen-bond acceptors (Lipinski definition) is 6. The molecule has 0 saturated carbocycles. The summed E-state index contributed by atoms with van der Waals surface area (Å²) in [4.78, 5) is 10.5. The quantitative estimate of drug-likeness (QED) is 0.735. The first-order valence-corrected chi connectivity index (χ1v) is 10.1. The number of aliphatic hydroxyl groups is 1. The van der Waals surface area contributed by atoms with Crippen LogP contribution in [0.2, 0.25) is 0 Å². The summed E-state index contributed by atoms with van der Waals surface area (Å²) in [6.07, 6.45) is -0.711. The molecule has 3 atom stereocenters. The van der Waals surface area contributed by atoms with E-state index in [1.54, 1.807) is 24.0 Å². The molecule has 2 heterocycles. The molecule has 0 bridgehead atoms. The first kappa shape index (κ1) is 18.2. The Kier molecular flexibility index (Phi) is 3.99. The Labute approximate surface area is 155 Å². The summed E-state index contributed by atoms with van der Waals surface area (Å²) in [6, 6.07) is 5.80. The number of aliphatic hydroxyl groups excluding tert-OH is 1. The number of nitrogens with one attached hydrogen (secondary N) is 1. The average molecular weight is 395 g/mol. The minimum absolute atomic E-state index is 0.155. The van der Waals surface area contributed by atoms with Gasteiger partial charge in [-0.25, -0.2) is 24.1 Å². The van der Waals surface area contributed by atoms with Crippen LogP contribution in [0.3, 0.4) is 0 Å². The van der Waals surface area contributed by atoms with E-state index >= 15 is 0 Å². The van der Waals surface area contributed by atoms with Gasteiger partial charge in [-0.3, -0.25) is 0 Å². The Morgan fingerprint density at radius 3 is 2.56 bits per heavy atom. The van der Waals surface area contributed by atoms with Crippen molar-refractivity contribution in [2.75, 3.05) is 11.4 Å². The Hall–Kier alpha value is -2.17. The summed E-state index contributed by atoms with van der Waals surface area (Å²) >= 11 is 0. The summed E-state index contributed by atoms with van der Waals surface area (Å²) in [6.45, 7) is 2.07. The molecule has 4 rings (SSSR count). The number of nitrogens with zero attached hydrogens (tertiary/aromatic N) is 3. The van der Waals surface area contributed by atoms with Gasteiger partial charge in [0.05, 0.1) is 22.7 Å². The summed E-state index contributed by atoms with van der Waals surface area (Å²) < 4.78 is 47.8. The number of alkyl halides is 2. The van der Waals surface area contributed by atoms with Gasteiger partial charge in [0.15, 0.2) is 0 Å². The molecule has 1 aliphatic heterocycles. The molecule has 0 spiro atoms. The number of fused-ring (bicyclic) bond motifs is 1. The highest BCUT2D eigenvalue weighted by Crippen LogP contribution is 2.44. The summed E-state index contributed by atoms with van der Waals surface area (Å²) in [5.41, 5.74) is 1.07. The summed E-state index contributed by atoms with van der Waals surface area (Å²) in [5.74, 6) is -2.86. The molecule has 0 radical (unpaired) electrons. The molecule has 27 heavy (non-hydrogen) atoms. The molecule has 144 valence electrons. The second kappa shape index (κ2) is 5.91. The highest BCUT2D eigenvalue weighted by Gasteiger charge is 2.45. The predicted molar refractivity (Wildman–Crippen MR) is 95.8 cm³/mol. The number of anilines is 1. The minimum atomic E-state index is -3.35. The summed E-state index contributed by atoms with van der Waals surface area (Å²) in [5, 5.41) is 15.1. The zero-order valence-electron chi connectivity index (χ0n) is 14.5. The van der Waals surface area contributed by atoms with Crippen molar-refractivity contribution in [2.45, 2.75) is 42.7 Å². The molecule has 1 fully saturated rings. The average Bonchev–Trinajstić information content (AvgIpc) is 2.93. The largest absolute Gasteiger partial charge is 0.389 e. The van der Waals surface area contributed by atoms with Crippen molar-refractivity contribution < 1.29 is 18.1 Å². The second-order valence-corrected chi connectivity index (χ2v) is 8.66. The highest BCUT2D eigenvalue weighted by molar-refractivity contribution is 7.90. The third kappa shape index (κ3) is 2.97. The van der Waals surface area contributed by atoms with Crippen molar-refractivity contribution in [1.29, 1.82) is 4.78 Å². The Morgan fingerprint density at radius 2 is 2.00 bits per heavy atom. The van der Waals surface area contributed by atoms with Crippen LogP contribution in [0.25, 0.3) is 11.3 Å². The van der Waals surface area contributed by atoms with Gasteiger partial charge in [-0.15, -0.1) is 0 Å². The zero-order valence-corrected chi connectivity index (χ0v) is 15.3. The third-order valence-corrected chi connectivity index (χ3v) is 6.17. The number of rotatable bonds is 3. The van der Waals surface area contributed by atoms with Gasteiger partial charge in [-0.2, -0.15) is 8.78 Å². The maximum Gasteiger partial charge on any atom is 0.290 e. The molecule has 2 aromatic rings. The van der Waals surface area contributed by atoms with E-state index in [-0.39, 0.29) is 42.0 Å². The molecule has 2 aliphatic rings. The normalized spacial score (nSPS) is 25.6. The lowest BCUT2D eigenvalue weighted by Gasteiger charge is -2.43. The smallest absolute Gasteiger partial charge is 0.290 e. The summed E-state index contributed by atoms with van der Waals surface area (Å²) in [7, 11) is -3.35. The van der Waals surface area contributed by atoms with Gasteiger partial charge in [0.25, 0.3) is 5.92 Å². The van der Waals surface area contributed by atoms with Gasteiger partial charge in [0.1, 0.15) is 15.6 Å². The number of halogens is 2. The Bertz CT molecular complexity index is 1010. The van der Waals surface area contributed by atoms with Crippen LogP contribution in [0.4, 0.5) is 14.7 Å². The predicted octanol–water partition coefficient (Wildman–Crippen LogP) is 2.03. The van der Waals surface area contributed by atoms with Crippen LogP contribution < -0.4 is 10.0 Å². The fourth-order valence-electron chi connectivity index (χ4n) is 3.45. The lowest BCUT2D eigenvalue weighted by Crippen LogP contribution is -2.59. The molecular formula is C17H19F2N5O2S. The van der Waals surface area contributed by atoms with Crippen LogP contribution in [0, 0.1) is 4.78 Å². The van der Waals surface area contributed by atoms with Gasteiger partial charge in [0, 0.05) is 24.1 Å². The van der Waals surface area contributed by atoms with Crippen LogP contribution in [0.15, 0.2) is 29.2 Å². The van der Waals surface area contributed by atoms with Crippen molar-refractivity contribution in [3.8, 4) is 11.3 Å². The van der Waals surface area contributed by atoms with Crippen LogP contribution in [-0.2, 0) is 22.3 Å². The highest BCUT2D eigenvalue weighted by atomic mass is 32.2. The fraction of sp³-hybridized carbons (Fsp3) is 0.412. The Balaban J connectivity index is 1.84. The van der Waals surface area contributed by atoms with Crippen molar-refractivity contribution in [1.82, 2.24) is 9.97 Å². The third-order valence-electron chi connectivity index (χ3n) is 5.20. The van der Waals surface area contributed by atoms with Crippen molar-refractivity contribution >= 4 is 15.9 Å². The number of benzene rings is 1.